The van der Waals surface area contributed by atoms with Crippen molar-refractivity contribution in [3.05, 3.63) is 79.3 Å². The van der Waals surface area contributed by atoms with E-state index in [1.165, 1.54) is 0 Å². The lowest BCUT2D eigenvalue weighted by Gasteiger charge is -2.14. The van der Waals surface area contributed by atoms with Crippen LogP contribution >= 0.6 is 38.5 Å². The highest BCUT2D eigenvalue weighted by Gasteiger charge is 2.13. The zero-order chi connectivity index (χ0) is 23.1. The molecule has 0 N–H and O–H groups in total. The molecular formula is C25H21BrINO4. The van der Waals surface area contributed by atoms with Crippen LogP contribution in [0.1, 0.15) is 16.7 Å². The van der Waals surface area contributed by atoms with Gasteiger partial charge in [-0.05, 0) is 87.8 Å². The van der Waals surface area contributed by atoms with Gasteiger partial charge in [-0.25, -0.2) is 0 Å². The molecule has 0 radical (unpaired) electrons. The number of hydrogen-bond donors (Lipinski definition) is 0. The van der Waals surface area contributed by atoms with Gasteiger partial charge in [-0.1, -0.05) is 28.1 Å². The second-order valence-corrected chi connectivity index (χ2v) is 8.77. The number of benzene rings is 3. The maximum atomic E-state index is 9.76. The average Bonchev–Trinajstić information content (AvgIpc) is 2.82. The molecule has 5 nitrogen and oxygen atoms in total. The van der Waals surface area contributed by atoms with Gasteiger partial charge in [0.25, 0.3) is 0 Å². The number of ether oxygens (including phenoxy) is 4. The fourth-order valence-electron chi connectivity index (χ4n) is 3.05. The summed E-state index contributed by atoms with van der Waals surface area (Å²) in [5.41, 5.74) is 3.10. The third-order valence-corrected chi connectivity index (χ3v) is 6.00. The Hall–Kier alpha value is -2.70. The number of nitrogens with zero attached hydrogens (tertiary/aromatic N) is 1. The van der Waals surface area contributed by atoms with Gasteiger partial charge in [0, 0.05) is 4.47 Å². The first-order valence-electron chi connectivity index (χ1n) is 9.58. The van der Waals surface area contributed by atoms with Gasteiger partial charge in [0.2, 0.25) is 0 Å². The predicted octanol–water partition coefficient (Wildman–Crippen LogP) is 6.72. The van der Waals surface area contributed by atoms with E-state index in [9.17, 15) is 5.26 Å². The monoisotopic (exact) mass is 605 g/mol. The normalized spacial score (nSPS) is 10.9. The Bertz CT molecular complexity index is 1170. The van der Waals surface area contributed by atoms with Crippen LogP contribution in [0.2, 0.25) is 0 Å². The summed E-state index contributed by atoms with van der Waals surface area (Å²) in [6.07, 6.45) is 1.81. The van der Waals surface area contributed by atoms with Crippen molar-refractivity contribution in [1.29, 1.82) is 5.26 Å². The smallest absolute Gasteiger partial charge is 0.174 e. The second-order valence-electron chi connectivity index (χ2n) is 6.69. The largest absolute Gasteiger partial charge is 0.493 e. The molecule has 0 aliphatic heterocycles. The maximum absolute atomic E-state index is 9.76. The summed E-state index contributed by atoms with van der Waals surface area (Å²) in [6, 6.07) is 19.4. The van der Waals surface area contributed by atoms with E-state index in [4.69, 9.17) is 18.9 Å². The van der Waals surface area contributed by atoms with E-state index in [1.807, 2.05) is 48.5 Å². The molecule has 0 bridgehead atoms. The van der Waals surface area contributed by atoms with Gasteiger partial charge in [-0.3, -0.25) is 0 Å². The zero-order valence-corrected chi connectivity index (χ0v) is 21.6. The molecule has 0 atom stereocenters. The summed E-state index contributed by atoms with van der Waals surface area (Å²) < 4.78 is 24.2. The molecule has 0 saturated heterocycles. The van der Waals surface area contributed by atoms with Crippen molar-refractivity contribution >= 4 is 50.2 Å². The van der Waals surface area contributed by atoms with Crippen molar-refractivity contribution in [2.75, 3.05) is 21.3 Å². The third kappa shape index (κ3) is 5.75. The van der Waals surface area contributed by atoms with E-state index in [0.29, 0.717) is 35.2 Å². The van der Waals surface area contributed by atoms with Crippen LogP contribution in [0.15, 0.2) is 59.1 Å². The van der Waals surface area contributed by atoms with Crippen molar-refractivity contribution in [1.82, 2.24) is 0 Å². The summed E-state index contributed by atoms with van der Waals surface area (Å²) in [5.74, 6) is 2.44. The molecule has 3 aromatic rings. The Morgan fingerprint density at radius 1 is 0.938 bits per heavy atom. The SMILES string of the molecule is COc1ccc(/C(C#N)=C/c2cc(I)c(OCc3ccc(Br)cc3)c(OC)c2)cc1OC. The molecule has 0 aromatic heterocycles. The minimum atomic E-state index is 0.421. The standard InChI is InChI=1S/C25H21BrINO4/c1-29-22-9-6-18(13-23(22)30-2)19(14-28)10-17-11-21(27)25(24(12-17)31-3)32-15-16-4-7-20(26)8-5-16/h4-13H,15H2,1-3H3/b19-10+. The van der Waals surface area contributed by atoms with E-state index >= 15 is 0 Å². The first-order chi connectivity index (χ1) is 15.5. The van der Waals surface area contributed by atoms with Crippen LogP contribution in [0.3, 0.4) is 0 Å². The highest BCUT2D eigenvalue weighted by Crippen LogP contribution is 2.36. The van der Waals surface area contributed by atoms with Crippen LogP contribution in [0, 0.1) is 14.9 Å². The molecule has 0 heterocycles. The number of halogens is 2. The van der Waals surface area contributed by atoms with Crippen molar-refractivity contribution in [3.8, 4) is 29.1 Å². The Morgan fingerprint density at radius 3 is 2.25 bits per heavy atom. The molecule has 164 valence electrons. The lowest BCUT2D eigenvalue weighted by molar-refractivity contribution is 0.282. The van der Waals surface area contributed by atoms with E-state index in [1.54, 1.807) is 33.5 Å². The highest BCUT2D eigenvalue weighted by atomic mass is 127. The highest BCUT2D eigenvalue weighted by molar-refractivity contribution is 14.1. The van der Waals surface area contributed by atoms with Crippen LogP contribution in [0.25, 0.3) is 11.6 Å². The molecule has 0 amide bonds. The number of hydrogen-bond acceptors (Lipinski definition) is 5. The fourth-order valence-corrected chi connectivity index (χ4v) is 4.10. The summed E-state index contributed by atoms with van der Waals surface area (Å²) in [7, 11) is 4.75. The van der Waals surface area contributed by atoms with Crippen LogP contribution < -0.4 is 18.9 Å². The minimum Gasteiger partial charge on any atom is -0.493 e. The lowest BCUT2D eigenvalue weighted by Crippen LogP contribution is -2.00. The van der Waals surface area contributed by atoms with E-state index in [2.05, 4.69) is 44.6 Å². The number of nitriles is 1. The predicted molar refractivity (Wildman–Crippen MR) is 137 cm³/mol. The number of allylic oxidation sites excluding steroid dienone is 1. The van der Waals surface area contributed by atoms with Gasteiger partial charge in [0.1, 0.15) is 6.61 Å². The van der Waals surface area contributed by atoms with Crippen LogP contribution in [0.5, 0.6) is 23.0 Å². The summed E-state index contributed by atoms with van der Waals surface area (Å²) in [4.78, 5) is 0. The Morgan fingerprint density at radius 2 is 1.62 bits per heavy atom. The van der Waals surface area contributed by atoms with Gasteiger partial charge in [-0.15, -0.1) is 0 Å². The summed E-state index contributed by atoms with van der Waals surface area (Å²) in [6.45, 7) is 0.421. The van der Waals surface area contributed by atoms with E-state index in [-0.39, 0.29) is 0 Å². The Labute approximate surface area is 209 Å². The fraction of sp³-hybridized carbons (Fsp3) is 0.160. The molecular weight excluding hydrogens is 585 g/mol. The van der Waals surface area contributed by atoms with Crippen LogP contribution in [-0.2, 0) is 6.61 Å². The summed E-state index contributed by atoms with van der Waals surface area (Å²) in [5, 5.41) is 9.76. The molecule has 0 fully saturated rings. The average molecular weight is 606 g/mol. The molecule has 0 aliphatic rings. The number of rotatable bonds is 8. The first-order valence-corrected chi connectivity index (χ1v) is 11.4. The van der Waals surface area contributed by atoms with Crippen molar-refractivity contribution in [2.24, 2.45) is 0 Å². The van der Waals surface area contributed by atoms with Crippen molar-refractivity contribution in [2.45, 2.75) is 6.61 Å². The zero-order valence-electron chi connectivity index (χ0n) is 17.8. The maximum Gasteiger partial charge on any atom is 0.174 e. The van der Waals surface area contributed by atoms with Gasteiger partial charge in [-0.2, -0.15) is 5.26 Å². The van der Waals surface area contributed by atoms with Gasteiger partial charge in [0.15, 0.2) is 23.0 Å². The van der Waals surface area contributed by atoms with Crippen LogP contribution in [0.4, 0.5) is 0 Å². The topological polar surface area (TPSA) is 60.7 Å². The van der Waals surface area contributed by atoms with Gasteiger partial charge >= 0.3 is 0 Å². The minimum absolute atomic E-state index is 0.421. The second kappa shape index (κ2) is 11.2. The number of methoxy groups -OCH3 is 3. The first kappa shape index (κ1) is 24.0. The molecule has 0 spiro atoms. The third-order valence-electron chi connectivity index (χ3n) is 4.67. The van der Waals surface area contributed by atoms with Crippen molar-refractivity contribution < 1.29 is 18.9 Å². The van der Waals surface area contributed by atoms with Gasteiger partial charge < -0.3 is 18.9 Å². The molecule has 7 heteroatoms. The quantitative estimate of drug-likeness (QED) is 0.162. The Kier molecular flexibility index (Phi) is 8.42. The Balaban J connectivity index is 1.90. The molecule has 0 aliphatic carbocycles. The molecule has 32 heavy (non-hydrogen) atoms. The van der Waals surface area contributed by atoms with Crippen LogP contribution in [-0.4, -0.2) is 21.3 Å². The van der Waals surface area contributed by atoms with E-state index in [0.717, 1.165) is 24.7 Å². The molecule has 0 saturated carbocycles. The van der Waals surface area contributed by atoms with E-state index < -0.39 is 0 Å². The summed E-state index contributed by atoms with van der Waals surface area (Å²) >= 11 is 5.65. The van der Waals surface area contributed by atoms with Crippen molar-refractivity contribution in [3.63, 3.8) is 0 Å². The van der Waals surface area contributed by atoms with Gasteiger partial charge in [0.05, 0.1) is 36.5 Å². The molecule has 3 aromatic carbocycles. The molecule has 0 unspecified atom stereocenters. The lowest BCUT2D eigenvalue weighted by atomic mass is 10.0. The molecule has 3 rings (SSSR count).